The van der Waals surface area contributed by atoms with Crippen LogP contribution in [0, 0.1) is 12.3 Å². The Balaban J connectivity index is 1.50. The second-order valence-electron chi connectivity index (χ2n) is 12.5. The van der Waals surface area contributed by atoms with Gasteiger partial charge in [-0.05, 0) is 36.3 Å². The van der Waals surface area contributed by atoms with Crippen LogP contribution < -0.4 is 16.0 Å². The number of aliphatic hydroxyl groups excluding tert-OH is 1. The number of hydrogen-bond acceptors (Lipinski definition) is 7. The molecule has 0 spiro atoms. The maximum atomic E-state index is 13.8. The van der Waals surface area contributed by atoms with E-state index in [1.54, 1.807) is 11.3 Å². The van der Waals surface area contributed by atoms with Gasteiger partial charge in [-0.1, -0.05) is 70.7 Å². The highest BCUT2D eigenvalue weighted by Gasteiger charge is 2.44. The number of carbonyl (C=O) groups is 4. The van der Waals surface area contributed by atoms with Crippen LogP contribution in [-0.2, 0) is 20.9 Å². The molecule has 1 fully saturated rings. The maximum absolute atomic E-state index is 13.8. The summed E-state index contributed by atoms with van der Waals surface area (Å²) in [5, 5.41) is 27.2. The number of aliphatic hydroxyl groups is 1. The number of β-amino-alcohol motifs (C(OH)–C–C–N with tert-alkyl or cyclic N) is 1. The van der Waals surface area contributed by atoms with Gasteiger partial charge in [0.25, 0.3) is 0 Å². The van der Waals surface area contributed by atoms with Crippen LogP contribution in [0.1, 0.15) is 83.4 Å². The number of carboxylic acid groups (broad SMARTS) is 1. The average molecular weight is 630 g/mol. The summed E-state index contributed by atoms with van der Waals surface area (Å²) in [4.78, 5) is 57.1. The van der Waals surface area contributed by atoms with Crippen molar-refractivity contribution >= 4 is 35.2 Å². The van der Waals surface area contributed by atoms with Crippen molar-refractivity contribution in [3.8, 4) is 10.4 Å². The Morgan fingerprint density at radius 3 is 2.30 bits per heavy atom. The number of amides is 4. The van der Waals surface area contributed by atoms with Crippen molar-refractivity contribution < 1.29 is 29.4 Å². The first kappa shape index (κ1) is 35.0. The monoisotopic (exact) mass is 629 g/mol. The Kier molecular flexibility index (Phi) is 13.1. The maximum Gasteiger partial charge on any atom is 0.404 e. The molecule has 5 N–H and O–H groups in total. The first-order valence-corrected chi connectivity index (χ1v) is 16.3. The van der Waals surface area contributed by atoms with Gasteiger partial charge in [0.1, 0.15) is 12.1 Å². The van der Waals surface area contributed by atoms with E-state index in [1.807, 2.05) is 57.5 Å². The number of nitrogens with one attached hydrogen (secondary N) is 3. The van der Waals surface area contributed by atoms with Gasteiger partial charge >= 0.3 is 6.09 Å². The summed E-state index contributed by atoms with van der Waals surface area (Å²) in [7, 11) is 0. The molecule has 44 heavy (non-hydrogen) atoms. The summed E-state index contributed by atoms with van der Waals surface area (Å²) < 4.78 is 0. The SMILES string of the molecule is Cc1ncsc1-c1ccc(CNC(=O)[C@@H]2C[C@@H](O)CN2C(=O)[C@@H](NC(=O)CCCCCCCCNC(=O)O)C(C)(C)C)cc1. The molecule has 0 saturated carbocycles. The Bertz CT molecular complexity index is 1260. The molecule has 0 radical (unpaired) electrons. The summed E-state index contributed by atoms with van der Waals surface area (Å²) in [5.41, 5.74) is 4.16. The number of unbranched alkanes of at least 4 members (excludes halogenated alkanes) is 5. The molecular formula is C32H47N5O6S. The fourth-order valence-electron chi connectivity index (χ4n) is 5.33. The molecule has 1 saturated heterocycles. The molecule has 0 aliphatic carbocycles. The molecule has 1 aliphatic rings. The second-order valence-corrected chi connectivity index (χ2v) is 13.4. The van der Waals surface area contributed by atoms with Gasteiger partial charge in [0.15, 0.2) is 0 Å². The molecule has 0 unspecified atom stereocenters. The molecule has 3 rings (SSSR count). The minimum Gasteiger partial charge on any atom is -0.465 e. The third-order valence-electron chi connectivity index (χ3n) is 7.82. The zero-order chi connectivity index (χ0) is 32.3. The number of benzene rings is 1. The number of likely N-dealkylation sites (tertiary alicyclic amines) is 1. The van der Waals surface area contributed by atoms with Crippen LogP contribution in [0.3, 0.4) is 0 Å². The highest BCUT2D eigenvalue weighted by molar-refractivity contribution is 7.13. The van der Waals surface area contributed by atoms with E-state index in [0.29, 0.717) is 13.0 Å². The van der Waals surface area contributed by atoms with Gasteiger partial charge in [-0.25, -0.2) is 9.78 Å². The summed E-state index contributed by atoms with van der Waals surface area (Å²) in [6.07, 6.45) is 3.74. The predicted octanol–water partition coefficient (Wildman–Crippen LogP) is 4.23. The predicted molar refractivity (Wildman–Crippen MR) is 170 cm³/mol. The molecular weight excluding hydrogens is 582 g/mol. The minimum atomic E-state index is -1.01. The summed E-state index contributed by atoms with van der Waals surface area (Å²) in [5.74, 6) is -0.932. The fourth-order valence-corrected chi connectivity index (χ4v) is 6.14. The molecule has 4 amide bonds. The van der Waals surface area contributed by atoms with Crippen LogP contribution in [0.2, 0.25) is 0 Å². The minimum absolute atomic E-state index is 0.0320. The molecule has 2 aromatic rings. The largest absolute Gasteiger partial charge is 0.465 e. The molecule has 11 nitrogen and oxygen atoms in total. The van der Waals surface area contributed by atoms with Gasteiger partial charge in [0.2, 0.25) is 17.7 Å². The lowest BCUT2D eigenvalue weighted by Crippen LogP contribution is -2.57. The standard InChI is InChI=1S/C32H47N5O6S/c1-21-27(44-20-35-21)23-14-12-22(13-15-23)18-34-29(40)25-17-24(38)19-37(25)30(41)28(32(2,3)4)36-26(39)11-9-7-5-6-8-10-16-33-31(42)43/h12-15,20,24-25,28,33,38H,5-11,16-19H2,1-4H3,(H,34,40)(H,36,39)(H,42,43)/t24-,25+,28-/m1/s1. The van der Waals surface area contributed by atoms with Crippen molar-refractivity contribution in [3.05, 3.63) is 41.0 Å². The van der Waals surface area contributed by atoms with E-state index in [2.05, 4.69) is 20.9 Å². The van der Waals surface area contributed by atoms with E-state index in [1.165, 1.54) is 4.90 Å². The number of aromatic nitrogens is 1. The Morgan fingerprint density at radius 2 is 1.68 bits per heavy atom. The van der Waals surface area contributed by atoms with E-state index in [9.17, 15) is 24.3 Å². The van der Waals surface area contributed by atoms with Crippen molar-refractivity contribution in [3.63, 3.8) is 0 Å². The zero-order valence-corrected chi connectivity index (χ0v) is 27.0. The number of nitrogens with zero attached hydrogens (tertiary/aromatic N) is 2. The smallest absolute Gasteiger partial charge is 0.404 e. The molecule has 12 heteroatoms. The van der Waals surface area contributed by atoms with Crippen molar-refractivity contribution in [2.75, 3.05) is 13.1 Å². The summed E-state index contributed by atoms with van der Waals surface area (Å²) >= 11 is 1.58. The number of rotatable bonds is 15. The van der Waals surface area contributed by atoms with Gasteiger partial charge in [-0.2, -0.15) is 0 Å². The van der Waals surface area contributed by atoms with Crippen LogP contribution >= 0.6 is 11.3 Å². The van der Waals surface area contributed by atoms with Crippen molar-refractivity contribution in [1.29, 1.82) is 0 Å². The molecule has 1 aliphatic heterocycles. The average Bonchev–Trinajstić information content (AvgIpc) is 3.58. The van der Waals surface area contributed by atoms with Crippen LogP contribution in [-0.4, -0.2) is 75.2 Å². The lowest BCUT2D eigenvalue weighted by Gasteiger charge is -2.35. The lowest BCUT2D eigenvalue weighted by molar-refractivity contribution is -0.144. The van der Waals surface area contributed by atoms with Crippen molar-refractivity contribution in [2.45, 2.75) is 104 Å². The van der Waals surface area contributed by atoms with Crippen LogP contribution in [0.4, 0.5) is 4.79 Å². The van der Waals surface area contributed by atoms with Gasteiger partial charge < -0.3 is 31.1 Å². The van der Waals surface area contributed by atoms with Crippen LogP contribution in [0.5, 0.6) is 0 Å². The Morgan fingerprint density at radius 1 is 1.02 bits per heavy atom. The summed E-state index contributed by atoms with van der Waals surface area (Å²) in [6, 6.07) is 6.22. The third kappa shape index (κ3) is 10.6. The highest BCUT2D eigenvalue weighted by atomic mass is 32.1. The van der Waals surface area contributed by atoms with E-state index < -0.39 is 29.7 Å². The van der Waals surface area contributed by atoms with E-state index in [4.69, 9.17) is 5.11 Å². The molecule has 242 valence electrons. The van der Waals surface area contributed by atoms with Crippen molar-refractivity contribution in [1.82, 2.24) is 25.8 Å². The van der Waals surface area contributed by atoms with E-state index in [0.717, 1.165) is 53.8 Å². The molecule has 3 atom stereocenters. The summed E-state index contributed by atoms with van der Waals surface area (Å²) in [6.45, 7) is 8.34. The highest BCUT2D eigenvalue weighted by Crippen LogP contribution is 2.28. The second kappa shape index (κ2) is 16.5. The Hall–Kier alpha value is -3.51. The number of aryl methyl sites for hydroxylation is 1. The Labute approximate surface area is 263 Å². The first-order chi connectivity index (χ1) is 20.9. The van der Waals surface area contributed by atoms with Crippen LogP contribution in [0.25, 0.3) is 10.4 Å². The van der Waals surface area contributed by atoms with Gasteiger partial charge in [0.05, 0.1) is 22.2 Å². The molecule has 2 heterocycles. The number of hydrogen-bond donors (Lipinski definition) is 5. The first-order valence-electron chi connectivity index (χ1n) is 15.4. The normalized spacial score (nSPS) is 17.2. The molecule has 0 bridgehead atoms. The molecule has 1 aromatic heterocycles. The van der Waals surface area contributed by atoms with E-state index >= 15 is 0 Å². The van der Waals surface area contributed by atoms with E-state index in [-0.39, 0.29) is 43.7 Å². The van der Waals surface area contributed by atoms with Gasteiger partial charge in [-0.15, -0.1) is 11.3 Å². The number of carbonyl (C=O) groups excluding carboxylic acids is 3. The lowest BCUT2D eigenvalue weighted by atomic mass is 9.85. The topological polar surface area (TPSA) is 161 Å². The number of thiazole rings is 1. The van der Waals surface area contributed by atoms with Gasteiger partial charge in [-0.3, -0.25) is 14.4 Å². The quantitative estimate of drug-likeness (QED) is 0.184. The third-order valence-corrected chi connectivity index (χ3v) is 8.80. The van der Waals surface area contributed by atoms with Crippen LogP contribution in [0.15, 0.2) is 29.8 Å². The molecule has 1 aromatic carbocycles. The zero-order valence-electron chi connectivity index (χ0n) is 26.2. The van der Waals surface area contributed by atoms with Crippen molar-refractivity contribution in [2.24, 2.45) is 5.41 Å². The fraction of sp³-hybridized carbons (Fsp3) is 0.594. The van der Waals surface area contributed by atoms with Gasteiger partial charge in [0, 0.05) is 32.5 Å².